The van der Waals surface area contributed by atoms with Gasteiger partial charge < -0.3 is 18.9 Å². The van der Waals surface area contributed by atoms with E-state index in [1.54, 1.807) is 24.3 Å². The number of carbonyl (C=O) groups is 3. The highest BCUT2D eigenvalue weighted by Crippen LogP contribution is 2.37. The Morgan fingerprint density at radius 2 is 1.76 bits per heavy atom. The SMILES string of the molecule is COc1cc(/C=C2\C(=O)NC(=O)N(c3ccc4c(c3)OCO4)C2=O)cc(I)c1OCc1ccc(I)cc1. The van der Waals surface area contributed by atoms with Gasteiger partial charge in [-0.3, -0.25) is 14.9 Å². The molecule has 3 aromatic carbocycles. The maximum atomic E-state index is 13.3. The Labute approximate surface area is 239 Å². The van der Waals surface area contributed by atoms with Gasteiger partial charge in [-0.2, -0.15) is 0 Å². The maximum Gasteiger partial charge on any atom is 0.335 e. The number of nitrogens with zero attached hydrogens (tertiary/aromatic N) is 1. The zero-order chi connectivity index (χ0) is 26.1. The Morgan fingerprint density at radius 1 is 1.00 bits per heavy atom. The lowest BCUT2D eigenvalue weighted by Gasteiger charge is -2.26. The van der Waals surface area contributed by atoms with Gasteiger partial charge in [0.05, 0.1) is 16.4 Å². The topological polar surface area (TPSA) is 103 Å². The minimum Gasteiger partial charge on any atom is -0.493 e. The van der Waals surface area contributed by atoms with Crippen LogP contribution in [0.5, 0.6) is 23.0 Å². The van der Waals surface area contributed by atoms with E-state index in [9.17, 15) is 14.4 Å². The highest BCUT2D eigenvalue weighted by Gasteiger charge is 2.37. The van der Waals surface area contributed by atoms with Gasteiger partial charge in [-0.1, -0.05) is 12.1 Å². The molecule has 1 fully saturated rings. The molecule has 0 unspecified atom stereocenters. The van der Waals surface area contributed by atoms with Crippen molar-refractivity contribution in [2.45, 2.75) is 6.61 Å². The number of methoxy groups -OCH3 is 1. The summed E-state index contributed by atoms with van der Waals surface area (Å²) in [6, 6.07) is 15.2. The molecular weight excluding hydrogens is 706 g/mol. The number of barbiturate groups is 1. The predicted octanol–water partition coefficient (Wildman–Crippen LogP) is 4.88. The van der Waals surface area contributed by atoms with E-state index in [1.165, 1.54) is 19.3 Å². The first-order chi connectivity index (χ1) is 17.8. The molecule has 0 atom stereocenters. The van der Waals surface area contributed by atoms with Gasteiger partial charge in [0.25, 0.3) is 11.8 Å². The van der Waals surface area contributed by atoms with Gasteiger partial charge in [0, 0.05) is 9.64 Å². The molecule has 2 aliphatic rings. The Hall–Kier alpha value is -3.33. The monoisotopic (exact) mass is 724 g/mol. The summed E-state index contributed by atoms with van der Waals surface area (Å²) in [7, 11) is 1.51. The van der Waals surface area contributed by atoms with E-state index in [-0.39, 0.29) is 18.1 Å². The number of amides is 4. The highest BCUT2D eigenvalue weighted by molar-refractivity contribution is 14.1. The third kappa shape index (κ3) is 5.23. The fourth-order valence-corrected chi connectivity index (χ4v) is 4.92. The number of ether oxygens (including phenoxy) is 4. The Balaban J connectivity index is 1.43. The summed E-state index contributed by atoms with van der Waals surface area (Å²) in [6.45, 7) is 0.394. The Kier molecular flexibility index (Phi) is 7.24. The number of benzene rings is 3. The lowest BCUT2D eigenvalue weighted by molar-refractivity contribution is -0.122. The van der Waals surface area contributed by atoms with E-state index in [4.69, 9.17) is 18.9 Å². The zero-order valence-electron chi connectivity index (χ0n) is 19.2. The number of imide groups is 2. The number of anilines is 1. The van der Waals surface area contributed by atoms with Crippen LogP contribution in [0, 0.1) is 7.14 Å². The average Bonchev–Trinajstić information content (AvgIpc) is 3.34. The molecule has 0 spiro atoms. The van der Waals surface area contributed by atoms with Crippen molar-refractivity contribution in [3.8, 4) is 23.0 Å². The summed E-state index contributed by atoms with van der Waals surface area (Å²) in [5, 5.41) is 2.22. The molecule has 0 saturated carbocycles. The average molecular weight is 724 g/mol. The van der Waals surface area contributed by atoms with Crippen LogP contribution in [-0.4, -0.2) is 31.7 Å². The van der Waals surface area contributed by atoms with Crippen molar-refractivity contribution in [2.75, 3.05) is 18.8 Å². The standard InChI is InChI=1S/C26H18I2N2O7/c1-34-22-10-15(9-19(28)23(22)35-12-14-2-4-16(27)5-3-14)8-18-24(31)29-26(33)30(25(18)32)17-6-7-20-21(11-17)37-13-36-20/h2-11H,12-13H2,1H3,(H,29,31,33)/b18-8+. The van der Waals surface area contributed by atoms with Crippen LogP contribution in [0.15, 0.2) is 60.2 Å². The second kappa shape index (κ2) is 10.6. The second-order valence-electron chi connectivity index (χ2n) is 7.94. The minimum atomic E-state index is -0.850. The fourth-order valence-electron chi connectivity index (χ4n) is 3.78. The van der Waals surface area contributed by atoms with Crippen molar-refractivity contribution >= 4 is 74.8 Å². The van der Waals surface area contributed by atoms with E-state index in [0.29, 0.717) is 35.2 Å². The van der Waals surface area contributed by atoms with Gasteiger partial charge in [0.1, 0.15) is 12.2 Å². The number of halogens is 2. The number of hydrogen-bond acceptors (Lipinski definition) is 7. The Bertz CT molecular complexity index is 1450. The molecule has 188 valence electrons. The molecule has 0 aliphatic carbocycles. The summed E-state index contributed by atoms with van der Waals surface area (Å²) < 4.78 is 24.0. The normalized spacial score (nSPS) is 15.7. The number of hydrogen-bond donors (Lipinski definition) is 1. The van der Waals surface area contributed by atoms with Crippen LogP contribution in [0.1, 0.15) is 11.1 Å². The smallest absolute Gasteiger partial charge is 0.335 e. The molecule has 0 aromatic heterocycles. The highest BCUT2D eigenvalue weighted by atomic mass is 127. The van der Waals surface area contributed by atoms with Gasteiger partial charge in [-0.15, -0.1) is 0 Å². The van der Waals surface area contributed by atoms with Crippen molar-refractivity contribution in [2.24, 2.45) is 0 Å². The largest absolute Gasteiger partial charge is 0.493 e. The molecule has 11 heteroatoms. The second-order valence-corrected chi connectivity index (χ2v) is 10.4. The van der Waals surface area contributed by atoms with E-state index in [0.717, 1.165) is 17.6 Å². The van der Waals surface area contributed by atoms with E-state index < -0.39 is 17.8 Å². The van der Waals surface area contributed by atoms with Gasteiger partial charge in [-0.25, -0.2) is 9.69 Å². The maximum absolute atomic E-state index is 13.3. The van der Waals surface area contributed by atoms with Gasteiger partial charge >= 0.3 is 6.03 Å². The molecule has 4 amide bonds. The lowest BCUT2D eigenvalue weighted by Crippen LogP contribution is -2.54. The summed E-state index contributed by atoms with van der Waals surface area (Å²) in [5.41, 5.74) is 1.57. The number of fused-ring (bicyclic) bond motifs is 1. The van der Waals surface area contributed by atoms with Crippen LogP contribution in [0.4, 0.5) is 10.5 Å². The molecule has 1 N–H and O–H groups in total. The van der Waals surface area contributed by atoms with Crippen LogP contribution in [0.3, 0.4) is 0 Å². The van der Waals surface area contributed by atoms with Gasteiger partial charge in [0.2, 0.25) is 6.79 Å². The van der Waals surface area contributed by atoms with Crippen LogP contribution < -0.4 is 29.2 Å². The fraction of sp³-hybridized carbons (Fsp3) is 0.115. The number of rotatable bonds is 6. The van der Waals surface area contributed by atoms with Crippen LogP contribution in [0.25, 0.3) is 6.08 Å². The summed E-state index contributed by atoms with van der Waals surface area (Å²) in [4.78, 5) is 39.3. The van der Waals surface area contributed by atoms with Crippen molar-refractivity contribution in [3.63, 3.8) is 0 Å². The summed E-state index contributed by atoms with van der Waals surface area (Å²) >= 11 is 4.35. The van der Waals surface area contributed by atoms with Gasteiger partial charge in [-0.05, 0) is 98.8 Å². The van der Waals surface area contributed by atoms with Crippen molar-refractivity contribution in [1.29, 1.82) is 0 Å². The summed E-state index contributed by atoms with van der Waals surface area (Å²) in [6.07, 6.45) is 1.41. The number of carbonyl (C=O) groups excluding carboxylic acids is 3. The predicted molar refractivity (Wildman–Crippen MR) is 151 cm³/mol. The van der Waals surface area contributed by atoms with Crippen LogP contribution >= 0.6 is 45.2 Å². The molecule has 2 heterocycles. The molecule has 0 bridgehead atoms. The zero-order valence-corrected chi connectivity index (χ0v) is 23.6. The first-order valence-corrected chi connectivity index (χ1v) is 13.1. The quantitative estimate of drug-likeness (QED) is 0.220. The molecule has 5 rings (SSSR count). The van der Waals surface area contributed by atoms with Crippen molar-refractivity contribution in [1.82, 2.24) is 5.32 Å². The molecule has 2 aliphatic heterocycles. The van der Waals surface area contributed by atoms with Crippen molar-refractivity contribution < 1.29 is 33.3 Å². The lowest BCUT2D eigenvalue weighted by atomic mass is 10.1. The first kappa shape index (κ1) is 25.3. The van der Waals surface area contributed by atoms with E-state index in [1.807, 2.05) is 24.3 Å². The molecule has 0 radical (unpaired) electrons. The minimum absolute atomic E-state index is 0.0491. The van der Waals surface area contributed by atoms with E-state index in [2.05, 4.69) is 50.5 Å². The van der Waals surface area contributed by atoms with E-state index >= 15 is 0 Å². The first-order valence-electron chi connectivity index (χ1n) is 10.9. The third-order valence-electron chi connectivity index (χ3n) is 5.58. The molecule has 1 saturated heterocycles. The Morgan fingerprint density at radius 3 is 2.51 bits per heavy atom. The number of nitrogens with one attached hydrogen (secondary N) is 1. The molecule has 37 heavy (non-hydrogen) atoms. The number of urea groups is 1. The molecule has 3 aromatic rings. The van der Waals surface area contributed by atoms with Gasteiger partial charge in [0.15, 0.2) is 23.0 Å². The third-order valence-corrected chi connectivity index (χ3v) is 7.10. The molecular formula is C26H18I2N2O7. The van der Waals surface area contributed by atoms with Crippen molar-refractivity contribution in [3.05, 3.63) is 78.4 Å². The summed E-state index contributed by atoms with van der Waals surface area (Å²) in [5.74, 6) is 0.338. The van der Waals surface area contributed by atoms with Crippen LogP contribution in [-0.2, 0) is 16.2 Å². The molecule has 9 nitrogen and oxygen atoms in total. The van der Waals surface area contributed by atoms with Crippen LogP contribution in [0.2, 0.25) is 0 Å².